The smallest absolute Gasteiger partial charge is 0.225 e. The van der Waals surface area contributed by atoms with Crippen molar-refractivity contribution in [3.63, 3.8) is 0 Å². The Labute approximate surface area is 109 Å². The van der Waals surface area contributed by atoms with Gasteiger partial charge in [-0.05, 0) is 12.8 Å². The van der Waals surface area contributed by atoms with E-state index < -0.39 is 5.41 Å². The molecule has 0 aliphatic carbocycles. The second-order valence-corrected chi connectivity index (χ2v) is 6.00. The summed E-state index contributed by atoms with van der Waals surface area (Å²) in [6.45, 7) is 7.40. The summed E-state index contributed by atoms with van der Waals surface area (Å²) in [6.07, 6.45) is 2.32. The van der Waals surface area contributed by atoms with Crippen molar-refractivity contribution in [2.24, 2.45) is 11.1 Å². The average Bonchev–Trinajstić information content (AvgIpc) is 2.27. The molecule has 0 aromatic heterocycles. The molecule has 0 spiro atoms. The van der Waals surface area contributed by atoms with Crippen molar-refractivity contribution in [2.45, 2.75) is 46.1 Å². The molecule has 5 nitrogen and oxygen atoms in total. The van der Waals surface area contributed by atoms with Crippen LogP contribution < -0.4 is 11.1 Å². The van der Waals surface area contributed by atoms with Gasteiger partial charge in [0.15, 0.2) is 0 Å². The van der Waals surface area contributed by atoms with Crippen molar-refractivity contribution < 1.29 is 9.59 Å². The summed E-state index contributed by atoms with van der Waals surface area (Å²) in [5.41, 5.74) is 5.43. The van der Waals surface area contributed by atoms with E-state index in [-0.39, 0.29) is 17.9 Å². The van der Waals surface area contributed by atoms with Gasteiger partial charge in [-0.3, -0.25) is 9.59 Å². The molecule has 1 atom stereocenters. The molecule has 0 aromatic carbocycles. The Morgan fingerprint density at radius 2 is 2.06 bits per heavy atom. The Balaban J connectivity index is 2.27. The van der Waals surface area contributed by atoms with Crippen LogP contribution in [0.15, 0.2) is 0 Å². The third kappa shape index (κ3) is 4.64. The predicted octanol–water partition coefficient (Wildman–Crippen LogP) is 0.489. The molecular formula is C13H25N3O2. The average molecular weight is 255 g/mol. The Bertz CT molecular complexity index is 310. The van der Waals surface area contributed by atoms with Crippen LogP contribution in [0, 0.1) is 5.41 Å². The highest BCUT2D eigenvalue weighted by Gasteiger charge is 2.23. The van der Waals surface area contributed by atoms with Gasteiger partial charge in [-0.1, -0.05) is 20.8 Å². The van der Waals surface area contributed by atoms with Crippen LogP contribution in [0.2, 0.25) is 0 Å². The quantitative estimate of drug-likeness (QED) is 0.770. The van der Waals surface area contributed by atoms with Crippen LogP contribution in [0.4, 0.5) is 0 Å². The molecule has 1 rings (SSSR count). The van der Waals surface area contributed by atoms with Crippen molar-refractivity contribution in [3.05, 3.63) is 0 Å². The largest absolute Gasteiger partial charge is 0.355 e. The van der Waals surface area contributed by atoms with Crippen molar-refractivity contribution in [2.75, 3.05) is 19.6 Å². The summed E-state index contributed by atoms with van der Waals surface area (Å²) in [5, 5.41) is 2.79. The number of rotatable bonds is 3. The van der Waals surface area contributed by atoms with Gasteiger partial charge >= 0.3 is 0 Å². The van der Waals surface area contributed by atoms with Crippen molar-refractivity contribution in [1.29, 1.82) is 0 Å². The number of nitrogens with two attached hydrogens (primary N) is 1. The Morgan fingerprint density at radius 3 is 2.61 bits per heavy atom. The number of likely N-dealkylation sites (tertiary alicyclic amines) is 1. The maximum Gasteiger partial charge on any atom is 0.225 e. The van der Waals surface area contributed by atoms with Gasteiger partial charge in [-0.15, -0.1) is 0 Å². The number of amides is 2. The fourth-order valence-corrected chi connectivity index (χ4v) is 1.94. The van der Waals surface area contributed by atoms with Crippen LogP contribution in [0.1, 0.15) is 40.0 Å². The minimum absolute atomic E-state index is 0.0226. The summed E-state index contributed by atoms with van der Waals surface area (Å²) in [7, 11) is 0. The highest BCUT2D eigenvalue weighted by Crippen LogP contribution is 2.12. The van der Waals surface area contributed by atoms with Crippen LogP contribution in [0.25, 0.3) is 0 Å². The van der Waals surface area contributed by atoms with Gasteiger partial charge in [0.1, 0.15) is 0 Å². The maximum absolute atomic E-state index is 11.9. The summed E-state index contributed by atoms with van der Waals surface area (Å²) in [6, 6.07) is 0.104. The molecule has 1 aliphatic rings. The summed E-state index contributed by atoms with van der Waals surface area (Å²) < 4.78 is 0. The van der Waals surface area contributed by atoms with Crippen LogP contribution in [0.3, 0.4) is 0 Å². The Kier molecular flexibility index (Phi) is 5.14. The molecular weight excluding hydrogens is 230 g/mol. The number of nitrogens with one attached hydrogen (secondary N) is 1. The zero-order valence-corrected chi connectivity index (χ0v) is 11.7. The number of carbonyl (C=O) groups excluding carboxylic acids is 2. The molecule has 1 saturated heterocycles. The standard InChI is InChI=1S/C13H25N3O2/c1-13(2,3)12(18)15-7-6-11(17)16-8-4-5-10(14)9-16/h10H,4-9,14H2,1-3H3,(H,15,18). The first-order valence-corrected chi connectivity index (χ1v) is 6.62. The van der Waals surface area contributed by atoms with Crippen LogP contribution >= 0.6 is 0 Å². The van der Waals surface area contributed by atoms with E-state index in [1.807, 2.05) is 20.8 Å². The maximum atomic E-state index is 11.9. The van der Waals surface area contributed by atoms with Crippen LogP contribution in [-0.2, 0) is 9.59 Å². The molecule has 2 amide bonds. The third-order valence-electron chi connectivity index (χ3n) is 3.12. The SMILES string of the molecule is CC(C)(C)C(=O)NCCC(=O)N1CCCC(N)C1. The van der Waals surface area contributed by atoms with Gasteiger partial charge in [0.25, 0.3) is 0 Å². The number of hydrogen-bond donors (Lipinski definition) is 2. The molecule has 5 heteroatoms. The molecule has 0 aromatic rings. The van der Waals surface area contributed by atoms with E-state index in [0.717, 1.165) is 19.4 Å². The lowest BCUT2D eigenvalue weighted by molar-refractivity contribution is -0.132. The molecule has 3 N–H and O–H groups in total. The lowest BCUT2D eigenvalue weighted by Crippen LogP contribution is -2.46. The highest BCUT2D eigenvalue weighted by atomic mass is 16.2. The molecule has 104 valence electrons. The van der Waals surface area contributed by atoms with E-state index in [4.69, 9.17) is 5.73 Å². The monoisotopic (exact) mass is 255 g/mol. The highest BCUT2D eigenvalue weighted by molar-refractivity contribution is 5.82. The van der Waals surface area contributed by atoms with Gasteiger partial charge in [0.05, 0.1) is 0 Å². The van der Waals surface area contributed by atoms with Gasteiger partial charge in [0.2, 0.25) is 11.8 Å². The molecule has 0 radical (unpaired) electrons. The van der Waals surface area contributed by atoms with Crippen LogP contribution in [-0.4, -0.2) is 42.4 Å². The van der Waals surface area contributed by atoms with E-state index in [1.165, 1.54) is 0 Å². The lowest BCUT2D eigenvalue weighted by atomic mass is 9.96. The molecule has 1 fully saturated rings. The van der Waals surface area contributed by atoms with Gasteiger partial charge in [0, 0.05) is 37.5 Å². The first kappa shape index (κ1) is 15.0. The number of nitrogens with zero attached hydrogens (tertiary/aromatic N) is 1. The topological polar surface area (TPSA) is 75.4 Å². The van der Waals surface area contributed by atoms with E-state index in [1.54, 1.807) is 4.90 Å². The minimum Gasteiger partial charge on any atom is -0.355 e. The molecule has 1 unspecified atom stereocenters. The Morgan fingerprint density at radius 1 is 1.39 bits per heavy atom. The Hall–Kier alpha value is -1.10. The molecule has 18 heavy (non-hydrogen) atoms. The fraction of sp³-hybridized carbons (Fsp3) is 0.846. The number of carbonyl (C=O) groups is 2. The number of hydrogen-bond acceptors (Lipinski definition) is 3. The van der Waals surface area contributed by atoms with Crippen LogP contribution in [0.5, 0.6) is 0 Å². The molecule has 1 aliphatic heterocycles. The first-order valence-electron chi connectivity index (χ1n) is 6.62. The number of piperidine rings is 1. The van der Waals surface area contributed by atoms with E-state index in [2.05, 4.69) is 5.32 Å². The van der Waals surface area contributed by atoms with Crippen molar-refractivity contribution in [1.82, 2.24) is 10.2 Å². The summed E-state index contributed by atoms with van der Waals surface area (Å²) >= 11 is 0. The van der Waals surface area contributed by atoms with Crippen molar-refractivity contribution >= 4 is 11.8 Å². The summed E-state index contributed by atoms with van der Waals surface area (Å²) in [5.74, 6) is 0.0602. The minimum atomic E-state index is -0.406. The van der Waals surface area contributed by atoms with Gasteiger partial charge < -0.3 is 16.0 Å². The lowest BCUT2D eigenvalue weighted by Gasteiger charge is -2.31. The second kappa shape index (κ2) is 6.18. The fourth-order valence-electron chi connectivity index (χ4n) is 1.94. The van der Waals surface area contributed by atoms with Gasteiger partial charge in [-0.2, -0.15) is 0 Å². The van der Waals surface area contributed by atoms with Gasteiger partial charge in [-0.25, -0.2) is 0 Å². The van der Waals surface area contributed by atoms with E-state index >= 15 is 0 Å². The molecule has 0 saturated carbocycles. The van der Waals surface area contributed by atoms with Crippen molar-refractivity contribution in [3.8, 4) is 0 Å². The second-order valence-electron chi connectivity index (χ2n) is 6.00. The molecule has 1 heterocycles. The first-order chi connectivity index (χ1) is 8.30. The van der Waals surface area contributed by atoms with E-state index in [0.29, 0.717) is 19.5 Å². The normalized spacial score (nSPS) is 20.7. The van der Waals surface area contributed by atoms with E-state index in [9.17, 15) is 9.59 Å². The third-order valence-corrected chi connectivity index (χ3v) is 3.12. The predicted molar refractivity (Wildman–Crippen MR) is 70.9 cm³/mol. The summed E-state index contributed by atoms with van der Waals surface area (Å²) in [4.78, 5) is 25.3. The molecule has 0 bridgehead atoms. The zero-order valence-electron chi connectivity index (χ0n) is 11.7. The zero-order chi connectivity index (χ0) is 13.8.